The lowest BCUT2D eigenvalue weighted by atomic mass is 10.1. The molecule has 6 nitrogen and oxygen atoms in total. The molecule has 0 aliphatic carbocycles. The number of benzene rings is 1. The van der Waals surface area contributed by atoms with Crippen LogP contribution in [0.3, 0.4) is 0 Å². The summed E-state index contributed by atoms with van der Waals surface area (Å²) in [4.78, 5) is 15.1. The molecule has 2 aliphatic heterocycles. The van der Waals surface area contributed by atoms with Gasteiger partial charge in [0.2, 0.25) is 5.91 Å². The second kappa shape index (κ2) is 6.50. The molecular formula is C19H24N4O2. The summed E-state index contributed by atoms with van der Waals surface area (Å²) in [6.07, 6.45) is 4.19. The SMILES string of the molecule is COc1ccccc1CCC(=O)N1C2CCC1Cn1c(C)nnc1C2. The number of hydrogen-bond acceptors (Lipinski definition) is 4. The zero-order chi connectivity index (χ0) is 17.4. The summed E-state index contributed by atoms with van der Waals surface area (Å²) in [6.45, 7) is 2.81. The molecule has 0 saturated carbocycles. The first-order valence-electron chi connectivity index (χ1n) is 8.99. The average molecular weight is 340 g/mol. The normalized spacial score (nSPS) is 21.8. The maximum atomic E-state index is 13.0. The van der Waals surface area contributed by atoms with Crippen molar-refractivity contribution in [2.45, 2.75) is 57.7 Å². The van der Waals surface area contributed by atoms with Crippen LogP contribution in [-0.2, 0) is 24.2 Å². The van der Waals surface area contributed by atoms with Crippen LogP contribution < -0.4 is 4.74 Å². The Balaban J connectivity index is 1.48. The molecule has 1 aromatic heterocycles. The number of nitrogens with zero attached hydrogens (tertiary/aromatic N) is 4. The van der Waals surface area contributed by atoms with Gasteiger partial charge in [-0.2, -0.15) is 0 Å². The van der Waals surface area contributed by atoms with E-state index in [0.717, 1.165) is 48.8 Å². The molecular weight excluding hydrogens is 316 g/mol. The first-order chi connectivity index (χ1) is 12.2. The zero-order valence-electron chi connectivity index (χ0n) is 14.8. The Bertz CT molecular complexity index is 785. The number of ether oxygens (including phenoxy) is 1. The number of aromatic nitrogens is 3. The summed E-state index contributed by atoms with van der Waals surface area (Å²) in [5, 5.41) is 8.50. The number of carbonyl (C=O) groups is 1. The molecule has 1 saturated heterocycles. The Morgan fingerprint density at radius 2 is 2.04 bits per heavy atom. The Morgan fingerprint density at radius 1 is 1.24 bits per heavy atom. The van der Waals surface area contributed by atoms with Crippen molar-refractivity contribution in [3.05, 3.63) is 41.5 Å². The van der Waals surface area contributed by atoms with E-state index in [4.69, 9.17) is 4.74 Å². The van der Waals surface area contributed by atoms with E-state index in [1.54, 1.807) is 7.11 Å². The third-order valence-corrected chi connectivity index (χ3v) is 5.53. The molecule has 3 heterocycles. The van der Waals surface area contributed by atoms with Gasteiger partial charge in [0.25, 0.3) is 0 Å². The molecule has 4 rings (SSSR count). The first kappa shape index (κ1) is 16.1. The van der Waals surface area contributed by atoms with Gasteiger partial charge in [0.15, 0.2) is 0 Å². The molecule has 2 unspecified atom stereocenters. The predicted octanol–water partition coefficient (Wildman–Crippen LogP) is 2.14. The lowest BCUT2D eigenvalue weighted by Crippen LogP contribution is -2.42. The average Bonchev–Trinajstić information content (AvgIpc) is 3.11. The molecule has 2 bridgehead atoms. The number of rotatable bonds is 4. The van der Waals surface area contributed by atoms with Gasteiger partial charge in [-0.3, -0.25) is 4.79 Å². The number of para-hydroxylation sites is 1. The van der Waals surface area contributed by atoms with E-state index in [1.165, 1.54) is 0 Å². The summed E-state index contributed by atoms with van der Waals surface area (Å²) in [6, 6.07) is 8.47. The number of fused-ring (bicyclic) bond motifs is 3. The minimum absolute atomic E-state index is 0.245. The molecule has 0 spiro atoms. The maximum absolute atomic E-state index is 13.0. The van der Waals surface area contributed by atoms with Crippen LogP contribution in [0.15, 0.2) is 24.3 Å². The molecule has 0 N–H and O–H groups in total. The third kappa shape index (κ3) is 2.90. The molecule has 1 fully saturated rings. The van der Waals surface area contributed by atoms with Crippen LogP contribution in [0.2, 0.25) is 0 Å². The van der Waals surface area contributed by atoms with Crippen molar-refractivity contribution in [2.75, 3.05) is 7.11 Å². The second-order valence-corrected chi connectivity index (χ2v) is 6.98. The summed E-state index contributed by atoms with van der Waals surface area (Å²) in [5.41, 5.74) is 1.09. The van der Waals surface area contributed by atoms with Gasteiger partial charge in [-0.15, -0.1) is 10.2 Å². The van der Waals surface area contributed by atoms with Crippen LogP contribution in [0, 0.1) is 6.92 Å². The topological polar surface area (TPSA) is 60.2 Å². The lowest BCUT2D eigenvalue weighted by molar-refractivity contribution is -0.134. The number of amides is 1. The molecule has 6 heteroatoms. The van der Waals surface area contributed by atoms with E-state index in [0.29, 0.717) is 12.8 Å². The highest BCUT2D eigenvalue weighted by Gasteiger charge is 2.40. The van der Waals surface area contributed by atoms with Gasteiger partial charge < -0.3 is 14.2 Å². The van der Waals surface area contributed by atoms with Crippen molar-refractivity contribution in [3.63, 3.8) is 0 Å². The van der Waals surface area contributed by atoms with E-state index in [-0.39, 0.29) is 18.0 Å². The van der Waals surface area contributed by atoms with Gasteiger partial charge in [-0.05, 0) is 37.8 Å². The lowest BCUT2D eigenvalue weighted by Gasteiger charge is -2.28. The van der Waals surface area contributed by atoms with Crippen LogP contribution in [0.1, 0.15) is 36.5 Å². The minimum Gasteiger partial charge on any atom is -0.496 e. The molecule has 1 aromatic carbocycles. The number of carbonyl (C=O) groups excluding carboxylic acids is 1. The highest BCUT2D eigenvalue weighted by atomic mass is 16.5. The molecule has 2 aromatic rings. The number of hydrogen-bond donors (Lipinski definition) is 0. The Morgan fingerprint density at radius 3 is 2.88 bits per heavy atom. The quantitative estimate of drug-likeness (QED) is 0.856. The molecule has 132 valence electrons. The summed E-state index contributed by atoms with van der Waals surface area (Å²) >= 11 is 0. The van der Waals surface area contributed by atoms with Crippen LogP contribution in [0.25, 0.3) is 0 Å². The first-order valence-corrected chi connectivity index (χ1v) is 8.99. The monoisotopic (exact) mass is 340 g/mol. The van der Waals surface area contributed by atoms with Crippen molar-refractivity contribution in [1.82, 2.24) is 19.7 Å². The predicted molar refractivity (Wildman–Crippen MR) is 93.4 cm³/mol. The van der Waals surface area contributed by atoms with Crippen molar-refractivity contribution in [2.24, 2.45) is 0 Å². The van der Waals surface area contributed by atoms with Crippen LogP contribution >= 0.6 is 0 Å². The Hall–Kier alpha value is -2.37. The van der Waals surface area contributed by atoms with E-state index >= 15 is 0 Å². The number of methoxy groups -OCH3 is 1. The van der Waals surface area contributed by atoms with Gasteiger partial charge in [0.05, 0.1) is 13.2 Å². The Labute approximate surface area is 147 Å². The maximum Gasteiger partial charge on any atom is 0.223 e. The third-order valence-electron chi connectivity index (χ3n) is 5.53. The fraction of sp³-hybridized carbons (Fsp3) is 0.526. The molecule has 2 aliphatic rings. The van der Waals surface area contributed by atoms with Gasteiger partial charge in [-0.1, -0.05) is 18.2 Å². The van der Waals surface area contributed by atoms with Crippen LogP contribution in [0.4, 0.5) is 0 Å². The van der Waals surface area contributed by atoms with E-state index in [9.17, 15) is 4.79 Å². The fourth-order valence-electron chi connectivity index (χ4n) is 4.26. The smallest absolute Gasteiger partial charge is 0.223 e. The molecule has 25 heavy (non-hydrogen) atoms. The second-order valence-electron chi connectivity index (χ2n) is 6.98. The van der Waals surface area contributed by atoms with Crippen molar-refractivity contribution < 1.29 is 9.53 Å². The minimum atomic E-state index is 0.245. The van der Waals surface area contributed by atoms with Gasteiger partial charge in [-0.25, -0.2) is 0 Å². The van der Waals surface area contributed by atoms with Crippen LogP contribution in [-0.4, -0.2) is 44.8 Å². The Kier molecular flexibility index (Phi) is 4.19. The highest BCUT2D eigenvalue weighted by Crippen LogP contribution is 2.32. The van der Waals surface area contributed by atoms with Gasteiger partial charge >= 0.3 is 0 Å². The van der Waals surface area contributed by atoms with Crippen molar-refractivity contribution >= 4 is 5.91 Å². The molecule has 1 amide bonds. The largest absolute Gasteiger partial charge is 0.496 e. The van der Waals surface area contributed by atoms with E-state index in [1.807, 2.05) is 31.2 Å². The van der Waals surface area contributed by atoms with E-state index in [2.05, 4.69) is 19.7 Å². The van der Waals surface area contributed by atoms with E-state index < -0.39 is 0 Å². The van der Waals surface area contributed by atoms with Gasteiger partial charge in [0, 0.05) is 25.4 Å². The van der Waals surface area contributed by atoms with Gasteiger partial charge in [0.1, 0.15) is 17.4 Å². The zero-order valence-corrected chi connectivity index (χ0v) is 14.8. The molecule has 0 radical (unpaired) electrons. The summed E-state index contributed by atoms with van der Waals surface area (Å²) in [7, 11) is 1.67. The highest BCUT2D eigenvalue weighted by molar-refractivity contribution is 5.77. The standard InChI is InChI=1S/C19H24N4O2/c1-13-20-21-18-11-15-8-9-16(12-22(13)18)23(15)19(24)10-7-14-5-3-4-6-17(14)25-2/h3-6,15-16H,7-12H2,1-2H3. The van der Waals surface area contributed by atoms with Crippen LogP contribution in [0.5, 0.6) is 5.75 Å². The molecule has 2 atom stereocenters. The van der Waals surface area contributed by atoms with Crippen molar-refractivity contribution in [3.8, 4) is 5.75 Å². The number of aryl methyl sites for hydroxylation is 2. The fourth-order valence-corrected chi connectivity index (χ4v) is 4.26. The summed E-state index contributed by atoms with van der Waals surface area (Å²) in [5.74, 6) is 3.07. The van der Waals surface area contributed by atoms with Crippen molar-refractivity contribution in [1.29, 1.82) is 0 Å². The summed E-state index contributed by atoms with van der Waals surface area (Å²) < 4.78 is 7.58.